The largest absolute Gasteiger partial charge is 0.508 e. The lowest BCUT2D eigenvalue weighted by molar-refractivity contribution is 0.247. The fourth-order valence-electron chi connectivity index (χ4n) is 2.09. The molecule has 4 nitrogen and oxygen atoms in total. The number of rotatable bonds is 4. The summed E-state index contributed by atoms with van der Waals surface area (Å²) in [5, 5.41) is 12.1. The van der Waals surface area contributed by atoms with E-state index in [4.69, 9.17) is 0 Å². The molecule has 21 heavy (non-hydrogen) atoms. The summed E-state index contributed by atoms with van der Waals surface area (Å²) in [6.07, 6.45) is 0.802. The second-order valence-electron chi connectivity index (χ2n) is 5.05. The van der Waals surface area contributed by atoms with E-state index in [1.807, 2.05) is 6.07 Å². The van der Waals surface area contributed by atoms with Crippen molar-refractivity contribution in [1.82, 2.24) is 5.32 Å². The number of nitrogens with zero attached hydrogens (tertiary/aromatic N) is 1. The molecule has 0 saturated heterocycles. The van der Waals surface area contributed by atoms with E-state index in [0.29, 0.717) is 6.54 Å². The Morgan fingerprint density at radius 2 is 1.90 bits per heavy atom. The van der Waals surface area contributed by atoms with Crippen LogP contribution >= 0.6 is 0 Å². The highest BCUT2D eigenvalue weighted by Crippen LogP contribution is 2.17. The third-order valence-corrected chi connectivity index (χ3v) is 3.31. The number of carbonyl (C=O) groups is 1. The summed E-state index contributed by atoms with van der Waals surface area (Å²) < 4.78 is 0. The smallest absolute Gasteiger partial charge is 0.321 e. The first-order chi connectivity index (χ1) is 10.1. The van der Waals surface area contributed by atoms with Crippen molar-refractivity contribution in [3.05, 3.63) is 59.7 Å². The van der Waals surface area contributed by atoms with Crippen LogP contribution in [0.5, 0.6) is 5.75 Å². The van der Waals surface area contributed by atoms with E-state index < -0.39 is 0 Å². The summed E-state index contributed by atoms with van der Waals surface area (Å²) in [6.45, 7) is 2.64. The van der Waals surface area contributed by atoms with Gasteiger partial charge in [-0.1, -0.05) is 29.8 Å². The van der Waals surface area contributed by atoms with Crippen LogP contribution in [0.3, 0.4) is 0 Å². The number of aromatic hydroxyl groups is 1. The molecule has 0 bridgehead atoms. The van der Waals surface area contributed by atoms with Gasteiger partial charge in [0.25, 0.3) is 0 Å². The number of amides is 2. The molecule has 0 aliphatic carbocycles. The molecule has 0 unspecified atom stereocenters. The van der Waals surface area contributed by atoms with Gasteiger partial charge in [-0.2, -0.15) is 0 Å². The Morgan fingerprint density at radius 3 is 2.57 bits per heavy atom. The van der Waals surface area contributed by atoms with Crippen LogP contribution in [-0.4, -0.2) is 24.7 Å². The first-order valence-electron chi connectivity index (χ1n) is 6.92. The zero-order valence-corrected chi connectivity index (χ0v) is 12.3. The van der Waals surface area contributed by atoms with Gasteiger partial charge in [0, 0.05) is 19.3 Å². The topological polar surface area (TPSA) is 52.6 Å². The lowest BCUT2D eigenvalue weighted by Gasteiger charge is -2.18. The Hall–Kier alpha value is -2.49. The molecule has 110 valence electrons. The molecule has 2 amide bonds. The van der Waals surface area contributed by atoms with Crippen molar-refractivity contribution in [2.75, 3.05) is 18.5 Å². The third-order valence-electron chi connectivity index (χ3n) is 3.31. The summed E-state index contributed by atoms with van der Waals surface area (Å²) >= 11 is 0. The number of hydrogen-bond acceptors (Lipinski definition) is 2. The zero-order chi connectivity index (χ0) is 15.2. The molecule has 2 rings (SSSR count). The molecule has 0 fully saturated rings. The van der Waals surface area contributed by atoms with Gasteiger partial charge in [0.15, 0.2) is 0 Å². The second-order valence-corrected chi connectivity index (χ2v) is 5.05. The van der Waals surface area contributed by atoms with Crippen LogP contribution in [0.1, 0.15) is 11.1 Å². The Bertz CT molecular complexity index is 608. The van der Waals surface area contributed by atoms with E-state index in [9.17, 15) is 9.90 Å². The van der Waals surface area contributed by atoms with Crippen molar-refractivity contribution < 1.29 is 9.90 Å². The number of hydrogen-bond donors (Lipinski definition) is 2. The molecular formula is C17H20N2O2. The van der Waals surface area contributed by atoms with Gasteiger partial charge in [-0.15, -0.1) is 0 Å². The average Bonchev–Trinajstić information content (AvgIpc) is 2.47. The van der Waals surface area contributed by atoms with Gasteiger partial charge in [0.2, 0.25) is 0 Å². The maximum absolute atomic E-state index is 12.0. The number of urea groups is 1. The van der Waals surface area contributed by atoms with Gasteiger partial charge in [-0.05, 0) is 43.2 Å². The van der Waals surface area contributed by atoms with Crippen LogP contribution in [0.4, 0.5) is 10.5 Å². The number of aryl methyl sites for hydroxylation is 1. The van der Waals surface area contributed by atoms with Crippen LogP contribution in [-0.2, 0) is 6.42 Å². The zero-order valence-electron chi connectivity index (χ0n) is 12.3. The number of phenolic OH excluding ortho intramolecular Hbond substituents is 1. The van der Waals surface area contributed by atoms with Crippen LogP contribution in [0.25, 0.3) is 0 Å². The minimum atomic E-state index is -0.159. The molecule has 2 aromatic carbocycles. The molecular weight excluding hydrogens is 264 g/mol. The quantitative estimate of drug-likeness (QED) is 0.906. The Labute approximate surface area is 125 Å². The molecule has 2 N–H and O–H groups in total. The van der Waals surface area contributed by atoms with E-state index in [1.165, 1.54) is 16.0 Å². The van der Waals surface area contributed by atoms with E-state index in [-0.39, 0.29) is 11.8 Å². The Morgan fingerprint density at radius 1 is 1.19 bits per heavy atom. The standard InChI is InChI=1S/C17H20N2O2/c1-13-4-3-5-14(12-13)10-11-18-17(21)19(2)15-6-8-16(20)9-7-15/h3-9,12,20H,10-11H2,1-2H3,(H,18,21). The van der Waals surface area contributed by atoms with Crippen LogP contribution in [0, 0.1) is 6.92 Å². The minimum absolute atomic E-state index is 0.159. The summed E-state index contributed by atoms with van der Waals surface area (Å²) in [6, 6.07) is 14.6. The van der Waals surface area contributed by atoms with Gasteiger partial charge < -0.3 is 10.4 Å². The highest BCUT2D eigenvalue weighted by atomic mass is 16.3. The fourth-order valence-corrected chi connectivity index (χ4v) is 2.09. The van der Waals surface area contributed by atoms with Crippen LogP contribution < -0.4 is 10.2 Å². The fraction of sp³-hybridized carbons (Fsp3) is 0.235. The van der Waals surface area contributed by atoms with E-state index >= 15 is 0 Å². The van der Waals surface area contributed by atoms with E-state index in [0.717, 1.165) is 12.1 Å². The first-order valence-corrected chi connectivity index (χ1v) is 6.92. The molecule has 0 radical (unpaired) electrons. The first kappa shape index (κ1) is 14.9. The molecule has 0 spiro atoms. The van der Waals surface area contributed by atoms with Gasteiger partial charge in [0.05, 0.1) is 0 Å². The lowest BCUT2D eigenvalue weighted by atomic mass is 10.1. The summed E-state index contributed by atoms with van der Waals surface area (Å²) in [5.41, 5.74) is 3.17. The second kappa shape index (κ2) is 6.79. The number of benzene rings is 2. The van der Waals surface area contributed by atoms with E-state index in [2.05, 4.69) is 30.4 Å². The minimum Gasteiger partial charge on any atom is -0.508 e. The highest BCUT2D eigenvalue weighted by molar-refractivity contribution is 5.91. The van der Waals surface area contributed by atoms with Crippen molar-refractivity contribution in [2.24, 2.45) is 0 Å². The monoisotopic (exact) mass is 284 g/mol. The molecule has 0 aromatic heterocycles. The van der Waals surface area contributed by atoms with Gasteiger partial charge in [0.1, 0.15) is 5.75 Å². The number of nitrogens with one attached hydrogen (secondary N) is 1. The average molecular weight is 284 g/mol. The molecule has 0 atom stereocenters. The van der Waals surface area contributed by atoms with Crippen molar-refractivity contribution >= 4 is 11.7 Å². The van der Waals surface area contributed by atoms with Gasteiger partial charge in [-0.25, -0.2) is 4.79 Å². The lowest BCUT2D eigenvalue weighted by Crippen LogP contribution is -2.38. The summed E-state index contributed by atoms with van der Waals surface area (Å²) in [4.78, 5) is 13.6. The van der Waals surface area contributed by atoms with Crippen LogP contribution in [0.2, 0.25) is 0 Å². The summed E-state index contributed by atoms with van der Waals surface area (Å²) in [7, 11) is 1.70. The molecule has 0 aliphatic heterocycles. The molecule has 0 heterocycles. The third kappa shape index (κ3) is 4.24. The van der Waals surface area contributed by atoms with Crippen molar-refractivity contribution in [3.8, 4) is 5.75 Å². The predicted octanol–water partition coefficient (Wildman–Crippen LogP) is 3.09. The Balaban J connectivity index is 1.85. The van der Waals surface area contributed by atoms with Gasteiger partial charge in [-0.3, -0.25) is 4.90 Å². The molecule has 0 aliphatic rings. The Kier molecular flexibility index (Phi) is 4.82. The SMILES string of the molecule is Cc1cccc(CCNC(=O)N(C)c2ccc(O)cc2)c1. The van der Waals surface area contributed by atoms with E-state index in [1.54, 1.807) is 31.3 Å². The van der Waals surface area contributed by atoms with Crippen molar-refractivity contribution in [3.63, 3.8) is 0 Å². The van der Waals surface area contributed by atoms with Crippen molar-refractivity contribution in [2.45, 2.75) is 13.3 Å². The number of carbonyl (C=O) groups excluding carboxylic acids is 1. The van der Waals surface area contributed by atoms with Gasteiger partial charge >= 0.3 is 6.03 Å². The highest BCUT2D eigenvalue weighted by Gasteiger charge is 2.09. The summed E-state index contributed by atoms with van der Waals surface area (Å²) in [5.74, 6) is 0.187. The van der Waals surface area contributed by atoms with Crippen molar-refractivity contribution in [1.29, 1.82) is 0 Å². The predicted molar refractivity (Wildman–Crippen MR) is 84.8 cm³/mol. The molecule has 0 saturated carbocycles. The molecule has 2 aromatic rings. The maximum Gasteiger partial charge on any atom is 0.321 e. The normalized spacial score (nSPS) is 10.2. The maximum atomic E-state index is 12.0. The number of anilines is 1. The number of phenols is 1. The molecule has 4 heteroatoms. The van der Waals surface area contributed by atoms with Crippen LogP contribution in [0.15, 0.2) is 48.5 Å².